The van der Waals surface area contributed by atoms with E-state index >= 15 is 0 Å². The lowest BCUT2D eigenvalue weighted by Crippen LogP contribution is -2.34. The van der Waals surface area contributed by atoms with Gasteiger partial charge in [0.2, 0.25) is 0 Å². The van der Waals surface area contributed by atoms with Crippen molar-refractivity contribution in [2.45, 2.75) is 26.2 Å². The second-order valence-corrected chi connectivity index (χ2v) is 5.50. The van der Waals surface area contributed by atoms with E-state index in [0.717, 1.165) is 6.42 Å². The third-order valence-electron chi connectivity index (χ3n) is 4.19. The molecule has 1 aliphatic rings. The largest absolute Gasteiger partial charge is 0.477 e. The second-order valence-electron chi connectivity index (χ2n) is 5.50. The molecule has 0 radical (unpaired) electrons. The number of carboxylic acid groups (broad SMARTS) is 1. The lowest BCUT2D eigenvalue weighted by Gasteiger charge is -2.24. The predicted octanol–water partition coefficient (Wildman–Crippen LogP) is 2.36. The lowest BCUT2D eigenvalue weighted by atomic mass is 9.88. The Morgan fingerprint density at radius 1 is 1.22 bits per heavy atom. The molecule has 0 aliphatic heterocycles. The highest BCUT2D eigenvalue weighted by atomic mass is 16.4. The van der Waals surface area contributed by atoms with Gasteiger partial charge in [-0.2, -0.15) is 0 Å². The highest BCUT2D eigenvalue weighted by molar-refractivity contribution is 6.05. The van der Waals surface area contributed by atoms with E-state index in [1.807, 2.05) is 6.07 Å². The van der Waals surface area contributed by atoms with Crippen LogP contribution in [0.5, 0.6) is 0 Å². The van der Waals surface area contributed by atoms with E-state index in [9.17, 15) is 19.9 Å². The summed E-state index contributed by atoms with van der Waals surface area (Å²) in [6.45, 7) is 1.59. The molecule has 6 nitrogen and oxygen atoms in total. The Labute approximate surface area is 132 Å². The number of oxime groups is 1. The van der Waals surface area contributed by atoms with E-state index in [0.29, 0.717) is 41.1 Å². The summed E-state index contributed by atoms with van der Waals surface area (Å²) in [4.78, 5) is 24.4. The molecule has 0 fully saturated rings. The molecule has 0 spiro atoms. The molecule has 23 heavy (non-hydrogen) atoms. The normalized spacial score (nSPS) is 15.4. The lowest BCUT2D eigenvalue weighted by molar-refractivity contribution is 0.0693. The number of pyridine rings is 1. The van der Waals surface area contributed by atoms with Gasteiger partial charge in [-0.15, -0.1) is 0 Å². The van der Waals surface area contributed by atoms with Crippen molar-refractivity contribution in [2.75, 3.05) is 0 Å². The Morgan fingerprint density at radius 3 is 2.52 bits per heavy atom. The minimum Gasteiger partial charge on any atom is -0.477 e. The molecule has 0 bridgehead atoms. The van der Waals surface area contributed by atoms with E-state index in [4.69, 9.17) is 0 Å². The van der Waals surface area contributed by atoms with Crippen molar-refractivity contribution in [1.29, 1.82) is 0 Å². The monoisotopic (exact) mass is 312 g/mol. The quantitative estimate of drug-likeness (QED) is 0.657. The van der Waals surface area contributed by atoms with Crippen LogP contribution in [0.3, 0.4) is 0 Å². The molecule has 0 atom stereocenters. The van der Waals surface area contributed by atoms with Crippen molar-refractivity contribution in [3.63, 3.8) is 0 Å². The van der Waals surface area contributed by atoms with Crippen LogP contribution >= 0.6 is 0 Å². The van der Waals surface area contributed by atoms with E-state index < -0.39 is 11.5 Å². The zero-order chi connectivity index (χ0) is 16.6. The molecule has 1 aromatic carbocycles. The van der Waals surface area contributed by atoms with Crippen LogP contribution in [-0.2, 0) is 6.42 Å². The minimum absolute atomic E-state index is 0.282. The number of rotatable bonds is 2. The van der Waals surface area contributed by atoms with Crippen LogP contribution in [0.25, 0.3) is 5.69 Å². The van der Waals surface area contributed by atoms with E-state index in [2.05, 4.69) is 5.16 Å². The Morgan fingerprint density at radius 2 is 1.91 bits per heavy atom. The zero-order valence-corrected chi connectivity index (χ0v) is 12.6. The number of aromatic nitrogens is 1. The van der Waals surface area contributed by atoms with Crippen molar-refractivity contribution in [3.8, 4) is 5.69 Å². The Hall–Kier alpha value is -2.89. The number of benzene rings is 1. The first-order valence-electron chi connectivity index (χ1n) is 7.34. The van der Waals surface area contributed by atoms with Crippen LogP contribution in [0.1, 0.15) is 40.0 Å². The Balaban J connectivity index is 2.47. The number of carbonyl (C=O) groups is 1. The summed E-state index contributed by atoms with van der Waals surface area (Å²) >= 11 is 0. The Bertz CT molecular complexity index is 866. The first kappa shape index (κ1) is 15.0. The van der Waals surface area contributed by atoms with Gasteiger partial charge < -0.3 is 10.3 Å². The van der Waals surface area contributed by atoms with Gasteiger partial charge in [-0.05, 0) is 43.9 Å². The predicted molar refractivity (Wildman–Crippen MR) is 85.0 cm³/mol. The van der Waals surface area contributed by atoms with Crippen LogP contribution in [0.15, 0.2) is 40.3 Å². The minimum atomic E-state index is -1.28. The highest BCUT2D eigenvalue weighted by Crippen LogP contribution is 2.27. The van der Waals surface area contributed by atoms with Crippen molar-refractivity contribution in [3.05, 3.63) is 63.1 Å². The smallest absolute Gasteiger partial charge is 0.341 e. The first-order valence-corrected chi connectivity index (χ1v) is 7.34. The van der Waals surface area contributed by atoms with Gasteiger partial charge in [-0.3, -0.25) is 9.36 Å². The molecular weight excluding hydrogens is 296 g/mol. The van der Waals surface area contributed by atoms with Crippen LogP contribution in [-0.4, -0.2) is 26.6 Å². The number of fused-ring (bicyclic) bond motifs is 1. The molecular formula is C17H16N2O4. The van der Waals surface area contributed by atoms with Crippen molar-refractivity contribution in [2.24, 2.45) is 5.16 Å². The summed E-state index contributed by atoms with van der Waals surface area (Å²) in [6.07, 6.45) is 1.92. The van der Waals surface area contributed by atoms with Gasteiger partial charge in [-0.25, -0.2) is 4.79 Å². The summed E-state index contributed by atoms with van der Waals surface area (Å²) in [5, 5.41) is 22.1. The molecule has 1 aromatic heterocycles. The van der Waals surface area contributed by atoms with Gasteiger partial charge in [-0.1, -0.05) is 23.4 Å². The zero-order valence-electron chi connectivity index (χ0n) is 12.6. The van der Waals surface area contributed by atoms with Gasteiger partial charge in [0.05, 0.1) is 5.71 Å². The molecule has 1 heterocycles. The van der Waals surface area contributed by atoms with E-state index in [1.54, 1.807) is 31.2 Å². The highest BCUT2D eigenvalue weighted by Gasteiger charge is 2.28. The third kappa shape index (κ3) is 2.32. The standard InChI is InChI=1S/C17H16N2O4/c1-10-14-12(18-23)8-5-9-13(14)19(11-6-3-2-4-7-11)16(20)15(10)17(21)22/h2-4,6-7,23H,5,8-9H2,1H3,(H,21,22). The van der Waals surface area contributed by atoms with Crippen LogP contribution in [0.2, 0.25) is 0 Å². The van der Waals surface area contributed by atoms with Gasteiger partial charge >= 0.3 is 5.97 Å². The van der Waals surface area contributed by atoms with Gasteiger partial charge in [0, 0.05) is 16.9 Å². The van der Waals surface area contributed by atoms with Crippen LogP contribution in [0.4, 0.5) is 0 Å². The van der Waals surface area contributed by atoms with E-state index in [-0.39, 0.29) is 5.56 Å². The first-order chi connectivity index (χ1) is 11.1. The van der Waals surface area contributed by atoms with Crippen LogP contribution < -0.4 is 5.56 Å². The van der Waals surface area contributed by atoms with Gasteiger partial charge in [0.15, 0.2) is 0 Å². The molecule has 118 valence electrons. The number of hydrogen-bond donors (Lipinski definition) is 2. The Kier molecular flexibility index (Phi) is 3.73. The maximum Gasteiger partial charge on any atom is 0.341 e. The second kappa shape index (κ2) is 5.72. The number of aromatic carboxylic acids is 1. The third-order valence-corrected chi connectivity index (χ3v) is 4.19. The molecule has 0 amide bonds. The summed E-state index contributed by atoms with van der Waals surface area (Å²) in [5.41, 5.74) is 1.82. The van der Waals surface area contributed by atoms with Gasteiger partial charge in [0.25, 0.3) is 5.56 Å². The average molecular weight is 312 g/mol. The fraction of sp³-hybridized carbons (Fsp3) is 0.235. The molecule has 0 saturated heterocycles. The topological polar surface area (TPSA) is 91.9 Å². The van der Waals surface area contributed by atoms with Crippen molar-refractivity contribution >= 4 is 11.7 Å². The molecule has 2 aromatic rings. The summed E-state index contributed by atoms with van der Waals surface area (Å²) in [7, 11) is 0. The average Bonchev–Trinajstić information content (AvgIpc) is 2.55. The number of carboxylic acids is 1. The number of nitrogens with zero attached hydrogens (tertiary/aromatic N) is 2. The molecule has 0 unspecified atom stereocenters. The molecule has 1 aliphatic carbocycles. The summed E-state index contributed by atoms with van der Waals surface area (Å²) < 4.78 is 1.43. The molecule has 3 rings (SSSR count). The van der Waals surface area contributed by atoms with Crippen LogP contribution in [0, 0.1) is 6.92 Å². The fourth-order valence-corrected chi connectivity index (χ4v) is 3.22. The number of para-hydroxylation sites is 1. The van der Waals surface area contributed by atoms with Crippen molar-refractivity contribution in [1.82, 2.24) is 4.57 Å². The summed E-state index contributed by atoms with van der Waals surface area (Å²) in [6, 6.07) is 8.92. The molecule has 2 N–H and O–H groups in total. The van der Waals surface area contributed by atoms with Gasteiger partial charge in [0.1, 0.15) is 5.56 Å². The van der Waals surface area contributed by atoms with Crippen molar-refractivity contribution < 1.29 is 15.1 Å². The fourth-order valence-electron chi connectivity index (χ4n) is 3.22. The maximum absolute atomic E-state index is 12.8. The SMILES string of the molecule is Cc1c2c(n(-c3ccccc3)c(=O)c1C(=O)O)CCCC2=NO. The maximum atomic E-state index is 12.8. The van der Waals surface area contributed by atoms with E-state index in [1.165, 1.54) is 4.57 Å². The number of hydrogen-bond acceptors (Lipinski definition) is 4. The summed E-state index contributed by atoms with van der Waals surface area (Å²) in [5.74, 6) is -1.28. The molecule has 0 saturated carbocycles. The molecule has 6 heteroatoms.